The van der Waals surface area contributed by atoms with Crippen molar-refractivity contribution in [2.24, 2.45) is 0 Å². The molecule has 2 unspecified atom stereocenters. The first-order valence-corrected chi connectivity index (χ1v) is 7.41. The van der Waals surface area contributed by atoms with Crippen LogP contribution < -0.4 is 0 Å². The molecule has 0 radical (unpaired) electrons. The summed E-state index contributed by atoms with van der Waals surface area (Å²) in [5.41, 5.74) is 0.879. The Hall–Kier alpha value is -1.51. The Balaban J connectivity index is 2.07. The van der Waals surface area contributed by atoms with Crippen LogP contribution >= 0.6 is 0 Å². The third-order valence-corrected chi connectivity index (χ3v) is 3.78. The molecule has 1 aliphatic heterocycles. The van der Waals surface area contributed by atoms with Gasteiger partial charge < -0.3 is 9.64 Å². The molecule has 1 heterocycles. The standard InChI is InChI=1S/C17H25NO2/c1-13-10-11-15(14-8-6-5-7-9-14)12-18(13)16(19)20-17(2,3)4/h5-9,13,15H,10-12H2,1-4H3. The van der Waals surface area contributed by atoms with E-state index < -0.39 is 5.60 Å². The second kappa shape index (κ2) is 5.86. The van der Waals surface area contributed by atoms with Crippen LogP contribution in [0.4, 0.5) is 4.79 Å². The highest BCUT2D eigenvalue weighted by molar-refractivity contribution is 5.68. The Kier molecular flexibility index (Phi) is 4.36. The van der Waals surface area contributed by atoms with Gasteiger partial charge >= 0.3 is 6.09 Å². The van der Waals surface area contributed by atoms with Gasteiger partial charge in [-0.25, -0.2) is 4.79 Å². The Morgan fingerprint density at radius 3 is 2.45 bits per heavy atom. The molecule has 0 N–H and O–H groups in total. The quantitative estimate of drug-likeness (QED) is 0.769. The molecule has 1 amide bonds. The van der Waals surface area contributed by atoms with Crippen molar-refractivity contribution in [1.29, 1.82) is 0 Å². The molecule has 0 aromatic heterocycles. The van der Waals surface area contributed by atoms with Crippen molar-refractivity contribution in [3.05, 3.63) is 35.9 Å². The predicted molar refractivity (Wildman–Crippen MR) is 80.8 cm³/mol. The van der Waals surface area contributed by atoms with Crippen molar-refractivity contribution in [3.63, 3.8) is 0 Å². The number of carbonyl (C=O) groups is 1. The van der Waals surface area contributed by atoms with E-state index in [2.05, 4.69) is 31.2 Å². The van der Waals surface area contributed by atoms with E-state index in [0.29, 0.717) is 5.92 Å². The molecule has 3 nitrogen and oxygen atoms in total. The van der Waals surface area contributed by atoms with Gasteiger partial charge in [-0.1, -0.05) is 30.3 Å². The van der Waals surface area contributed by atoms with Crippen LogP contribution in [0.2, 0.25) is 0 Å². The highest BCUT2D eigenvalue weighted by atomic mass is 16.6. The van der Waals surface area contributed by atoms with Gasteiger partial charge in [-0.05, 0) is 46.1 Å². The minimum absolute atomic E-state index is 0.189. The second-order valence-corrected chi connectivity index (χ2v) is 6.67. The summed E-state index contributed by atoms with van der Waals surface area (Å²) in [4.78, 5) is 14.2. The number of nitrogens with zero attached hydrogens (tertiary/aromatic N) is 1. The van der Waals surface area contributed by atoms with Crippen molar-refractivity contribution < 1.29 is 9.53 Å². The predicted octanol–water partition coefficient (Wildman–Crippen LogP) is 4.19. The largest absolute Gasteiger partial charge is 0.444 e. The molecule has 0 saturated carbocycles. The van der Waals surface area contributed by atoms with Crippen molar-refractivity contribution in [3.8, 4) is 0 Å². The number of carbonyl (C=O) groups excluding carboxylic acids is 1. The van der Waals surface area contributed by atoms with Gasteiger partial charge in [-0.15, -0.1) is 0 Å². The van der Waals surface area contributed by atoms with E-state index in [0.717, 1.165) is 19.4 Å². The Labute approximate surface area is 121 Å². The maximum atomic E-state index is 12.3. The van der Waals surface area contributed by atoms with Crippen molar-refractivity contribution in [2.45, 2.75) is 58.1 Å². The van der Waals surface area contributed by atoms with E-state index in [1.807, 2.05) is 31.7 Å². The molecular formula is C17H25NO2. The number of amides is 1. The Morgan fingerprint density at radius 1 is 1.20 bits per heavy atom. The summed E-state index contributed by atoms with van der Waals surface area (Å²) in [7, 11) is 0. The van der Waals surface area contributed by atoms with Gasteiger partial charge in [0.25, 0.3) is 0 Å². The van der Waals surface area contributed by atoms with Gasteiger partial charge in [0.15, 0.2) is 0 Å². The third kappa shape index (κ3) is 3.75. The molecule has 0 aliphatic carbocycles. The topological polar surface area (TPSA) is 29.5 Å². The lowest BCUT2D eigenvalue weighted by Gasteiger charge is -2.38. The van der Waals surface area contributed by atoms with E-state index >= 15 is 0 Å². The molecule has 110 valence electrons. The normalized spacial score (nSPS) is 23.5. The lowest BCUT2D eigenvalue weighted by Crippen LogP contribution is -2.47. The van der Waals surface area contributed by atoms with Gasteiger partial charge in [0.2, 0.25) is 0 Å². The molecular weight excluding hydrogens is 250 g/mol. The monoisotopic (exact) mass is 275 g/mol. The number of hydrogen-bond acceptors (Lipinski definition) is 2. The minimum Gasteiger partial charge on any atom is -0.444 e. The average Bonchev–Trinajstić information content (AvgIpc) is 2.38. The van der Waals surface area contributed by atoms with E-state index in [1.165, 1.54) is 5.56 Å². The average molecular weight is 275 g/mol. The maximum absolute atomic E-state index is 12.3. The molecule has 2 rings (SSSR count). The molecule has 1 saturated heterocycles. The Bertz CT molecular complexity index is 450. The first-order chi connectivity index (χ1) is 9.37. The zero-order valence-electron chi connectivity index (χ0n) is 12.9. The summed E-state index contributed by atoms with van der Waals surface area (Å²) in [6.07, 6.45) is 1.97. The molecule has 20 heavy (non-hydrogen) atoms. The summed E-state index contributed by atoms with van der Waals surface area (Å²) in [5, 5.41) is 0. The SMILES string of the molecule is CC1CCC(c2ccccc2)CN1C(=O)OC(C)(C)C. The fourth-order valence-corrected chi connectivity index (χ4v) is 2.68. The van der Waals surface area contributed by atoms with E-state index in [1.54, 1.807) is 0 Å². The Morgan fingerprint density at radius 2 is 1.85 bits per heavy atom. The minimum atomic E-state index is -0.434. The molecule has 1 aromatic rings. The smallest absolute Gasteiger partial charge is 0.410 e. The summed E-state index contributed by atoms with van der Waals surface area (Å²) >= 11 is 0. The van der Waals surface area contributed by atoms with Crippen molar-refractivity contribution in [2.75, 3.05) is 6.54 Å². The number of rotatable bonds is 1. The van der Waals surface area contributed by atoms with Gasteiger partial charge in [0, 0.05) is 18.5 Å². The zero-order chi connectivity index (χ0) is 14.8. The van der Waals surface area contributed by atoms with Crippen LogP contribution in [0.5, 0.6) is 0 Å². The van der Waals surface area contributed by atoms with Gasteiger partial charge in [-0.3, -0.25) is 0 Å². The highest BCUT2D eigenvalue weighted by Crippen LogP contribution is 2.30. The molecule has 0 spiro atoms. The molecule has 0 bridgehead atoms. The van der Waals surface area contributed by atoms with Crippen LogP contribution in [0, 0.1) is 0 Å². The zero-order valence-corrected chi connectivity index (χ0v) is 12.9. The van der Waals surface area contributed by atoms with Crippen LogP contribution in [0.15, 0.2) is 30.3 Å². The maximum Gasteiger partial charge on any atom is 0.410 e. The van der Waals surface area contributed by atoms with E-state index in [4.69, 9.17) is 4.74 Å². The van der Waals surface area contributed by atoms with Crippen LogP contribution in [0.25, 0.3) is 0 Å². The summed E-state index contributed by atoms with van der Waals surface area (Å²) in [6.45, 7) is 8.59. The lowest BCUT2D eigenvalue weighted by atomic mass is 9.88. The van der Waals surface area contributed by atoms with Crippen molar-refractivity contribution >= 4 is 6.09 Å². The molecule has 1 aromatic carbocycles. The van der Waals surface area contributed by atoms with Crippen LogP contribution in [0.1, 0.15) is 52.0 Å². The first kappa shape index (κ1) is 14.9. The van der Waals surface area contributed by atoms with Crippen LogP contribution in [-0.2, 0) is 4.74 Å². The van der Waals surface area contributed by atoms with Crippen molar-refractivity contribution in [1.82, 2.24) is 4.90 Å². The summed E-state index contributed by atoms with van der Waals surface area (Å²) in [5.74, 6) is 0.417. The molecule has 1 aliphatic rings. The molecule has 2 atom stereocenters. The first-order valence-electron chi connectivity index (χ1n) is 7.41. The van der Waals surface area contributed by atoms with Crippen LogP contribution in [0.3, 0.4) is 0 Å². The number of piperidine rings is 1. The number of benzene rings is 1. The van der Waals surface area contributed by atoms with Gasteiger partial charge in [-0.2, -0.15) is 0 Å². The number of hydrogen-bond donors (Lipinski definition) is 0. The van der Waals surface area contributed by atoms with E-state index in [-0.39, 0.29) is 12.1 Å². The fraction of sp³-hybridized carbons (Fsp3) is 0.588. The lowest BCUT2D eigenvalue weighted by molar-refractivity contribution is 0.00970. The summed E-state index contributed by atoms with van der Waals surface area (Å²) in [6, 6.07) is 10.7. The molecule has 3 heteroatoms. The van der Waals surface area contributed by atoms with Gasteiger partial charge in [0.05, 0.1) is 0 Å². The fourth-order valence-electron chi connectivity index (χ4n) is 2.68. The second-order valence-electron chi connectivity index (χ2n) is 6.67. The third-order valence-electron chi connectivity index (χ3n) is 3.78. The number of likely N-dealkylation sites (tertiary alicyclic amines) is 1. The molecule has 1 fully saturated rings. The number of ether oxygens (including phenoxy) is 1. The van der Waals surface area contributed by atoms with E-state index in [9.17, 15) is 4.79 Å². The highest BCUT2D eigenvalue weighted by Gasteiger charge is 2.32. The van der Waals surface area contributed by atoms with Crippen LogP contribution in [-0.4, -0.2) is 29.2 Å². The summed E-state index contributed by atoms with van der Waals surface area (Å²) < 4.78 is 5.52. The van der Waals surface area contributed by atoms with Gasteiger partial charge in [0.1, 0.15) is 5.60 Å².